The Labute approximate surface area is 107 Å². The van der Waals surface area contributed by atoms with Gasteiger partial charge in [0.2, 0.25) is 0 Å². The second-order valence-electron chi connectivity index (χ2n) is 5.18. The SMILES string of the molecule is Cc1cc(NC2C(N)C3CCOC32)ccc1C#N. The molecule has 1 saturated heterocycles. The molecule has 2 fully saturated rings. The molecule has 94 valence electrons. The number of ether oxygens (including phenoxy) is 1. The van der Waals surface area contributed by atoms with Gasteiger partial charge in [0.15, 0.2) is 0 Å². The summed E-state index contributed by atoms with van der Waals surface area (Å²) in [7, 11) is 0. The lowest BCUT2D eigenvalue weighted by Crippen LogP contribution is -2.65. The molecule has 3 rings (SSSR count). The molecule has 4 nitrogen and oxygen atoms in total. The molecule has 0 radical (unpaired) electrons. The first-order valence-electron chi connectivity index (χ1n) is 6.35. The van der Waals surface area contributed by atoms with Gasteiger partial charge in [0.1, 0.15) is 0 Å². The van der Waals surface area contributed by atoms with Gasteiger partial charge in [-0.1, -0.05) is 0 Å². The third kappa shape index (κ3) is 1.67. The van der Waals surface area contributed by atoms with E-state index in [2.05, 4.69) is 11.4 Å². The summed E-state index contributed by atoms with van der Waals surface area (Å²) in [6.45, 7) is 2.77. The van der Waals surface area contributed by atoms with Crippen molar-refractivity contribution in [3.63, 3.8) is 0 Å². The number of nitrogens with two attached hydrogens (primary N) is 1. The third-order valence-corrected chi connectivity index (χ3v) is 4.13. The van der Waals surface area contributed by atoms with E-state index in [4.69, 9.17) is 15.7 Å². The van der Waals surface area contributed by atoms with Gasteiger partial charge >= 0.3 is 0 Å². The van der Waals surface area contributed by atoms with Gasteiger partial charge in [-0.15, -0.1) is 0 Å². The number of fused-ring (bicyclic) bond motifs is 1. The van der Waals surface area contributed by atoms with Crippen molar-refractivity contribution in [3.05, 3.63) is 29.3 Å². The highest BCUT2D eigenvalue weighted by atomic mass is 16.5. The number of benzene rings is 1. The average molecular weight is 243 g/mol. The summed E-state index contributed by atoms with van der Waals surface area (Å²) >= 11 is 0. The van der Waals surface area contributed by atoms with Crippen molar-refractivity contribution in [2.24, 2.45) is 11.7 Å². The van der Waals surface area contributed by atoms with Gasteiger partial charge < -0.3 is 15.8 Å². The Balaban J connectivity index is 1.74. The molecule has 3 N–H and O–H groups in total. The first-order valence-corrected chi connectivity index (χ1v) is 6.35. The third-order valence-electron chi connectivity index (χ3n) is 4.13. The maximum Gasteiger partial charge on any atom is 0.0994 e. The predicted octanol–water partition coefficient (Wildman–Crippen LogP) is 1.39. The number of rotatable bonds is 2. The van der Waals surface area contributed by atoms with E-state index in [1.165, 1.54) is 0 Å². The smallest absolute Gasteiger partial charge is 0.0994 e. The molecular weight excluding hydrogens is 226 g/mol. The first-order chi connectivity index (χ1) is 8.70. The van der Waals surface area contributed by atoms with Crippen LogP contribution < -0.4 is 11.1 Å². The minimum atomic E-state index is 0.174. The second-order valence-corrected chi connectivity index (χ2v) is 5.18. The molecule has 0 bridgehead atoms. The number of nitrogens with zero attached hydrogens (tertiary/aromatic N) is 1. The van der Waals surface area contributed by atoms with Crippen molar-refractivity contribution in [3.8, 4) is 6.07 Å². The highest BCUT2D eigenvalue weighted by Gasteiger charge is 2.52. The van der Waals surface area contributed by atoms with Gasteiger partial charge in [-0.3, -0.25) is 0 Å². The van der Waals surface area contributed by atoms with Gasteiger partial charge in [0.05, 0.1) is 23.8 Å². The van der Waals surface area contributed by atoms with Gasteiger partial charge in [-0.2, -0.15) is 5.26 Å². The second kappa shape index (κ2) is 4.27. The number of aryl methyl sites for hydroxylation is 1. The summed E-state index contributed by atoms with van der Waals surface area (Å²) in [5, 5.41) is 12.3. The number of nitriles is 1. The highest BCUT2D eigenvalue weighted by molar-refractivity contribution is 5.53. The van der Waals surface area contributed by atoms with Gasteiger partial charge in [-0.25, -0.2) is 0 Å². The summed E-state index contributed by atoms with van der Waals surface area (Å²) in [4.78, 5) is 0. The van der Waals surface area contributed by atoms with Crippen molar-refractivity contribution < 1.29 is 4.74 Å². The van der Waals surface area contributed by atoms with Gasteiger partial charge in [0, 0.05) is 24.3 Å². The van der Waals surface area contributed by atoms with Crippen LogP contribution in [0.1, 0.15) is 17.5 Å². The Bertz CT molecular complexity index is 508. The summed E-state index contributed by atoms with van der Waals surface area (Å²) < 4.78 is 5.69. The fourth-order valence-electron chi connectivity index (χ4n) is 3.00. The van der Waals surface area contributed by atoms with Crippen LogP contribution in [0.4, 0.5) is 5.69 Å². The van der Waals surface area contributed by atoms with E-state index in [0.29, 0.717) is 11.5 Å². The van der Waals surface area contributed by atoms with Gasteiger partial charge in [0.25, 0.3) is 0 Å². The van der Waals surface area contributed by atoms with Crippen molar-refractivity contribution in [2.45, 2.75) is 31.5 Å². The zero-order chi connectivity index (χ0) is 12.7. The Kier molecular flexibility index (Phi) is 2.73. The molecule has 1 aliphatic carbocycles. The molecule has 4 heteroatoms. The van der Waals surface area contributed by atoms with Crippen molar-refractivity contribution >= 4 is 5.69 Å². The standard InChI is InChI=1S/C14H17N3O/c1-8-6-10(3-2-9(8)7-15)17-13-12(16)11-4-5-18-14(11)13/h2-3,6,11-14,17H,4-5,16H2,1H3. The van der Waals surface area contributed by atoms with Crippen molar-refractivity contribution in [1.29, 1.82) is 5.26 Å². The molecule has 0 spiro atoms. The molecule has 1 aliphatic heterocycles. The molecule has 1 saturated carbocycles. The van der Waals surface area contributed by atoms with Crippen LogP contribution in [-0.2, 0) is 4.74 Å². The van der Waals surface area contributed by atoms with E-state index < -0.39 is 0 Å². The molecule has 1 aromatic rings. The van der Waals surface area contributed by atoms with Crippen LogP contribution in [0.3, 0.4) is 0 Å². The Morgan fingerprint density at radius 3 is 3.06 bits per heavy atom. The lowest BCUT2D eigenvalue weighted by Gasteiger charge is -2.46. The molecule has 1 heterocycles. The minimum Gasteiger partial charge on any atom is -0.378 e. The van der Waals surface area contributed by atoms with E-state index in [0.717, 1.165) is 24.3 Å². The lowest BCUT2D eigenvalue weighted by atomic mass is 9.72. The quantitative estimate of drug-likeness (QED) is 0.823. The summed E-state index contributed by atoms with van der Waals surface area (Å²) in [5.41, 5.74) is 8.87. The van der Waals surface area contributed by atoms with Crippen molar-refractivity contribution in [2.75, 3.05) is 11.9 Å². The molecule has 2 aliphatic rings. The minimum absolute atomic E-state index is 0.174. The fraction of sp³-hybridized carbons (Fsp3) is 0.500. The zero-order valence-electron chi connectivity index (χ0n) is 10.4. The van der Waals surface area contributed by atoms with Crippen LogP contribution in [0, 0.1) is 24.2 Å². The van der Waals surface area contributed by atoms with Crippen molar-refractivity contribution in [1.82, 2.24) is 0 Å². The Morgan fingerprint density at radius 2 is 2.33 bits per heavy atom. The Hall–Kier alpha value is -1.57. The first kappa shape index (κ1) is 11.5. The maximum atomic E-state index is 8.90. The molecular formula is C14H17N3O. The average Bonchev–Trinajstić information content (AvgIpc) is 2.81. The van der Waals surface area contributed by atoms with E-state index in [1.807, 2.05) is 25.1 Å². The molecule has 0 amide bonds. The Morgan fingerprint density at radius 1 is 1.50 bits per heavy atom. The van der Waals surface area contributed by atoms with Crippen LogP contribution in [0.15, 0.2) is 18.2 Å². The predicted molar refractivity (Wildman–Crippen MR) is 69.1 cm³/mol. The molecule has 18 heavy (non-hydrogen) atoms. The molecule has 4 atom stereocenters. The molecule has 1 aromatic carbocycles. The summed E-state index contributed by atoms with van der Waals surface area (Å²) in [6, 6.07) is 8.31. The van der Waals surface area contributed by atoms with Crippen LogP contribution in [0.25, 0.3) is 0 Å². The number of nitrogens with one attached hydrogen (secondary N) is 1. The fourth-order valence-corrected chi connectivity index (χ4v) is 3.00. The lowest BCUT2D eigenvalue weighted by molar-refractivity contribution is 0.00537. The van der Waals surface area contributed by atoms with Gasteiger partial charge in [-0.05, 0) is 37.1 Å². The van der Waals surface area contributed by atoms with E-state index in [-0.39, 0.29) is 18.2 Å². The maximum absolute atomic E-state index is 8.90. The van der Waals surface area contributed by atoms with Crippen LogP contribution in [-0.4, -0.2) is 24.8 Å². The van der Waals surface area contributed by atoms with E-state index in [9.17, 15) is 0 Å². The monoisotopic (exact) mass is 243 g/mol. The van der Waals surface area contributed by atoms with E-state index >= 15 is 0 Å². The van der Waals surface area contributed by atoms with E-state index in [1.54, 1.807) is 0 Å². The zero-order valence-corrected chi connectivity index (χ0v) is 10.4. The summed E-state index contributed by atoms with van der Waals surface area (Å²) in [5.74, 6) is 0.516. The highest BCUT2D eigenvalue weighted by Crippen LogP contribution is 2.39. The summed E-state index contributed by atoms with van der Waals surface area (Å²) in [6.07, 6.45) is 1.34. The largest absolute Gasteiger partial charge is 0.378 e. The molecule has 0 aromatic heterocycles. The number of anilines is 1. The molecule has 4 unspecified atom stereocenters. The number of hydrogen-bond donors (Lipinski definition) is 2. The normalized spacial score (nSPS) is 33.4. The van der Waals surface area contributed by atoms with Crippen LogP contribution in [0.2, 0.25) is 0 Å². The number of hydrogen-bond acceptors (Lipinski definition) is 4. The topological polar surface area (TPSA) is 71.1 Å². The van der Waals surface area contributed by atoms with Crippen LogP contribution in [0.5, 0.6) is 0 Å². The van der Waals surface area contributed by atoms with Crippen LogP contribution >= 0.6 is 0 Å².